The largest absolute Gasteiger partial charge is 0.251 e. The summed E-state index contributed by atoms with van der Waals surface area (Å²) in [6, 6.07) is 7.67. The van der Waals surface area contributed by atoms with Gasteiger partial charge >= 0.3 is 0 Å². The summed E-state index contributed by atoms with van der Waals surface area (Å²) in [6.45, 7) is 4.20. The molecule has 2 aromatic rings. The Morgan fingerprint density at radius 2 is 2.09 bits per heavy atom. The Labute approximate surface area is 129 Å². The molecule has 1 aromatic carbocycles. The summed E-state index contributed by atoms with van der Waals surface area (Å²) < 4.78 is 29.3. The number of sulfonamides is 1. The molecule has 1 aromatic heterocycles. The third-order valence-corrected chi connectivity index (χ3v) is 4.81. The number of nitriles is 1. The summed E-state index contributed by atoms with van der Waals surface area (Å²) >= 11 is 0. The van der Waals surface area contributed by atoms with E-state index >= 15 is 0 Å². The second kappa shape index (κ2) is 6.68. The number of nitrogens with zero attached hydrogens (tertiary/aromatic N) is 4. The zero-order valence-electron chi connectivity index (χ0n) is 12.3. The van der Waals surface area contributed by atoms with Crippen LogP contribution >= 0.6 is 0 Å². The topological polar surface area (TPSA) is 101 Å². The normalized spacial score (nSPS) is 13.0. The van der Waals surface area contributed by atoms with Gasteiger partial charge in [-0.3, -0.25) is 4.68 Å². The first-order valence-electron chi connectivity index (χ1n) is 6.79. The maximum absolute atomic E-state index is 12.5. The molecular weight excluding hydrogens is 302 g/mol. The Morgan fingerprint density at radius 1 is 1.36 bits per heavy atom. The van der Waals surface area contributed by atoms with Gasteiger partial charge in [-0.2, -0.15) is 5.26 Å². The number of rotatable bonds is 6. The quantitative estimate of drug-likeness (QED) is 0.861. The molecule has 7 nitrogen and oxygen atoms in total. The van der Waals surface area contributed by atoms with Crippen molar-refractivity contribution >= 4 is 10.0 Å². The molecule has 22 heavy (non-hydrogen) atoms. The first kappa shape index (κ1) is 16.1. The summed E-state index contributed by atoms with van der Waals surface area (Å²) in [5.74, 6) is 0.0493. The van der Waals surface area contributed by atoms with Gasteiger partial charge in [-0.1, -0.05) is 31.2 Å². The average molecular weight is 319 g/mol. The van der Waals surface area contributed by atoms with E-state index in [0.717, 1.165) is 0 Å². The number of nitrogens with one attached hydrogen (secondary N) is 1. The van der Waals surface area contributed by atoms with Crippen LogP contribution in [0, 0.1) is 17.2 Å². The summed E-state index contributed by atoms with van der Waals surface area (Å²) in [5, 5.41) is 16.6. The molecular formula is C14H17N5O2S. The van der Waals surface area contributed by atoms with Crippen LogP contribution in [0.1, 0.15) is 19.4 Å². The van der Waals surface area contributed by atoms with E-state index in [0.29, 0.717) is 6.54 Å². The van der Waals surface area contributed by atoms with E-state index in [1.54, 1.807) is 23.0 Å². The Morgan fingerprint density at radius 3 is 2.68 bits per heavy atom. The highest BCUT2D eigenvalue weighted by molar-refractivity contribution is 7.89. The predicted molar refractivity (Wildman–Crippen MR) is 80.1 cm³/mol. The van der Waals surface area contributed by atoms with Crippen LogP contribution in [0.4, 0.5) is 0 Å². The fourth-order valence-electron chi connectivity index (χ4n) is 1.97. The van der Waals surface area contributed by atoms with Crippen LogP contribution in [0.25, 0.3) is 0 Å². The van der Waals surface area contributed by atoms with Crippen molar-refractivity contribution in [3.8, 4) is 6.07 Å². The standard InChI is InChI=1S/C14H17N5O2S/c1-11(2)13(10-19-8-7-16-18-19)17-22(20,21)14-6-4-3-5-12(14)9-15/h3-8,11,13,17H,10H2,1-2H3/t13-/m1/s1. The minimum atomic E-state index is -3.78. The minimum Gasteiger partial charge on any atom is -0.251 e. The second-order valence-corrected chi connectivity index (χ2v) is 6.89. The first-order valence-corrected chi connectivity index (χ1v) is 8.28. The number of hydrogen-bond acceptors (Lipinski definition) is 5. The van der Waals surface area contributed by atoms with E-state index in [-0.39, 0.29) is 22.4 Å². The van der Waals surface area contributed by atoms with Gasteiger partial charge in [0, 0.05) is 12.2 Å². The van der Waals surface area contributed by atoms with Crippen molar-refractivity contribution in [1.82, 2.24) is 19.7 Å². The van der Waals surface area contributed by atoms with Gasteiger partial charge < -0.3 is 0 Å². The van der Waals surface area contributed by atoms with Crippen molar-refractivity contribution in [2.75, 3.05) is 0 Å². The SMILES string of the molecule is CC(C)[C@@H](Cn1ccnn1)NS(=O)(=O)c1ccccc1C#N. The van der Waals surface area contributed by atoms with Gasteiger partial charge in [0.2, 0.25) is 10.0 Å². The lowest BCUT2D eigenvalue weighted by Gasteiger charge is -2.22. The molecule has 1 atom stereocenters. The van der Waals surface area contributed by atoms with E-state index < -0.39 is 10.0 Å². The van der Waals surface area contributed by atoms with Crippen LogP contribution in [-0.4, -0.2) is 29.5 Å². The van der Waals surface area contributed by atoms with Crippen LogP contribution in [0.3, 0.4) is 0 Å². The van der Waals surface area contributed by atoms with Crippen molar-refractivity contribution in [2.45, 2.75) is 31.3 Å². The van der Waals surface area contributed by atoms with Crippen molar-refractivity contribution in [3.05, 3.63) is 42.2 Å². The molecule has 0 amide bonds. The van der Waals surface area contributed by atoms with Crippen molar-refractivity contribution in [2.24, 2.45) is 5.92 Å². The lowest BCUT2D eigenvalue weighted by Crippen LogP contribution is -2.41. The van der Waals surface area contributed by atoms with Crippen LogP contribution in [0.2, 0.25) is 0 Å². The maximum atomic E-state index is 12.5. The van der Waals surface area contributed by atoms with Crippen molar-refractivity contribution in [1.29, 1.82) is 5.26 Å². The molecule has 1 heterocycles. The molecule has 0 aliphatic heterocycles. The zero-order valence-corrected chi connectivity index (χ0v) is 13.2. The fraction of sp³-hybridized carbons (Fsp3) is 0.357. The number of aromatic nitrogens is 3. The van der Waals surface area contributed by atoms with E-state index in [1.807, 2.05) is 19.9 Å². The lowest BCUT2D eigenvalue weighted by molar-refractivity contribution is 0.378. The van der Waals surface area contributed by atoms with Gasteiger partial charge in [0.15, 0.2) is 0 Å². The smallest absolute Gasteiger partial charge is 0.242 e. The van der Waals surface area contributed by atoms with Crippen LogP contribution in [0.5, 0.6) is 0 Å². The van der Waals surface area contributed by atoms with Gasteiger partial charge in [0.25, 0.3) is 0 Å². The molecule has 0 saturated heterocycles. The summed E-state index contributed by atoms with van der Waals surface area (Å²) in [5.41, 5.74) is 0.123. The Bertz CT molecular complexity index is 763. The Kier molecular flexibility index (Phi) is 4.90. The lowest BCUT2D eigenvalue weighted by atomic mass is 10.1. The van der Waals surface area contributed by atoms with Crippen LogP contribution in [0.15, 0.2) is 41.6 Å². The second-order valence-electron chi connectivity index (χ2n) is 5.20. The Balaban J connectivity index is 2.27. The fourth-order valence-corrected chi connectivity index (χ4v) is 3.51. The van der Waals surface area contributed by atoms with Crippen molar-refractivity contribution in [3.63, 3.8) is 0 Å². The molecule has 0 bridgehead atoms. The monoisotopic (exact) mass is 319 g/mol. The molecule has 8 heteroatoms. The highest BCUT2D eigenvalue weighted by atomic mass is 32.2. The van der Waals surface area contributed by atoms with Gasteiger partial charge in [0.1, 0.15) is 6.07 Å². The molecule has 0 unspecified atom stereocenters. The number of hydrogen-bond donors (Lipinski definition) is 1. The maximum Gasteiger partial charge on any atom is 0.242 e. The van der Waals surface area contributed by atoms with Crippen LogP contribution < -0.4 is 4.72 Å². The molecule has 0 spiro atoms. The third kappa shape index (κ3) is 3.69. The molecule has 0 aliphatic carbocycles. The summed E-state index contributed by atoms with van der Waals surface area (Å²) in [4.78, 5) is -0.0123. The average Bonchev–Trinajstić information content (AvgIpc) is 2.99. The number of benzene rings is 1. The van der Waals surface area contributed by atoms with Crippen molar-refractivity contribution < 1.29 is 8.42 Å². The first-order chi connectivity index (χ1) is 10.4. The molecule has 0 radical (unpaired) electrons. The zero-order chi connectivity index (χ0) is 16.2. The molecule has 0 saturated carbocycles. The van der Waals surface area contributed by atoms with E-state index in [9.17, 15) is 8.42 Å². The molecule has 116 valence electrons. The van der Waals surface area contributed by atoms with E-state index in [1.165, 1.54) is 18.3 Å². The Hall–Kier alpha value is -2.24. The van der Waals surface area contributed by atoms with Crippen LogP contribution in [-0.2, 0) is 16.6 Å². The van der Waals surface area contributed by atoms with Gasteiger partial charge in [0.05, 0.1) is 23.2 Å². The molecule has 1 N–H and O–H groups in total. The molecule has 0 aliphatic rings. The van der Waals surface area contributed by atoms with E-state index in [2.05, 4.69) is 15.0 Å². The summed E-state index contributed by atoms with van der Waals surface area (Å²) in [6.07, 6.45) is 3.21. The third-order valence-electron chi connectivity index (χ3n) is 3.26. The van der Waals surface area contributed by atoms with E-state index in [4.69, 9.17) is 5.26 Å². The molecule has 0 fully saturated rings. The molecule has 2 rings (SSSR count). The minimum absolute atomic E-state index is 0.0123. The van der Waals surface area contributed by atoms with Gasteiger partial charge in [-0.25, -0.2) is 13.1 Å². The highest BCUT2D eigenvalue weighted by Crippen LogP contribution is 2.16. The summed E-state index contributed by atoms with van der Waals surface area (Å²) in [7, 11) is -3.78. The van der Waals surface area contributed by atoms with Gasteiger partial charge in [-0.15, -0.1) is 5.10 Å². The van der Waals surface area contributed by atoms with Gasteiger partial charge in [-0.05, 0) is 18.1 Å². The predicted octanol–water partition coefficient (Wildman–Crippen LogP) is 1.15. The highest BCUT2D eigenvalue weighted by Gasteiger charge is 2.25.